The van der Waals surface area contributed by atoms with E-state index < -0.39 is 0 Å². The Balaban J connectivity index is 1.44. The third-order valence-corrected chi connectivity index (χ3v) is 4.57. The second-order valence-electron chi connectivity index (χ2n) is 5.23. The first-order valence-corrected chi connectivity index (χ1v) is 8.11. The van der Waals surface area contributed by atoms with Crippen molar-refractivity contribution in [2.75, 3.05) is 11.9 Å². The van der Waals surface area contributed by atoms with Crippen LogP contribution in [0.2, 0.25) is 0 Å². The van der Waals surface area contributed by atoms with E-state index in [1.165, 1.54) is 16.2 Å². The van der Waals surface area contributed by atoms with Crippen LogP contribution < -0.4 is 10.6 Å². The minimum Gasteiger partial charge on any atom is -0.347 e. The van der Waals surface area contributed by atoms with Crippen molar-refractivity contribution in [3.8, 4) is 0 Å². The number of hydrogen-bond donors (Lipinski definition) is 2. The van der Waals surface area contributed by atoms with Gasteiger partial charge in [-0.05, 0) is 24.8 Å². The molecule has 3 rings (SSSR count). The Morgan fingerprint density at radius 1 is 1.14 bits per heavy atom. The van der Waals surface area contributed by atoms with Crippen molar-refractivity contribution in [3.05, 3.63) is 46.5 Å². The van der Waals surface area contributed by atoms with Crippen molar-refractivity contribution in [1.29, 1.82) is 0 Å². The van der Waals surface area contributed by atoms with Gasteiger partial charge in [0.05, 0.1) is 18.7 Å². The average molecular weight is 315 g/mol. The van der Waals surface area contributed by atoms with Crippen LogP contribution in [0, 0.1) is 0 Å². The van der Waals surface area contributed by atoms with Gasteiger partial charge in [-0.1, -0.05) is 30.3 Å². The number of amides is 2. The molecule has 0 spiro atoms. The van der Waals surface area contributed by atoms with Gasteiger partial charge >= 0.3 is 0 Å². The molecule has 1 aliphatic rings. The summed E-state index contributed by atoms with van der Waals surface area (Å²) >= 11 is 1.53. The van der Waals surface area contributed by atoms with E-state index in [0.717, 1.165) is 30.5 Å². The Bertz CT molecular complexity index is 660. The van der Waals surface area contributed by atoms with Crippen LogP contribution in [0.4, 0.5) is 5.13 Å². The van der Waals surface area contributed by atoms with Crippen LogP contribution in [0.3, 0.4) is 0 Å². The highest BCUT2D eigenvalue weighted by Gasteiger charge is 2.17. The smallest absolute Gasteiger partial charge is 0.245 e. The van der Waals surface area contributed by atoms with Gasteiger partial charge in [0, 0.05) is 4.88 Å². The predicted octanol–water partition coefficient (Wildman–Crippen LogP) is 1.93. The number of benzene rings is 1. The fourth-order valence-electron chi connectivity index (χ4n) is 2.43. The largest absolute Gasteiger partial charge is 0.347 e. The number of aromatic nitrogens is 1. The van der Waals surface area contributed by atoms with Gasteiger partial charge in [0.1, 0.15) is 0 Å². The van der Waals surface area contributed by atoms with Crippen LogP contribution >= 0.6 is 11.3 Å². The Morgan fingerprint density at radius 3 is 2.73 bits per heavy atom. The summed E-state index contributed by atoms with van der Waals surface area (Å²) in [5.41, 5.74) is 2.03. The highest BCUT2D eigenvalue weighted by atomic mass is 32.1. The summed E-state index contributed by atoms with van der Waals surface area (Å²) in [5.74, 6) is -0.406. The zero-order valence-corrected chi connectivity index (χ0v) is 12.9. The minimum atomic E-state index is -0.242. The highest BCUT2D eigenvalue weighted by molar-refractivity contribution is 7.15. The van der Waals surface area contributed by atoms with Crippen molar-refractivity contribution >= 4 is 28.3 Å². The molecule has 5 nitrogen and oxygen atoms in total. The molecule has 1 aliphatic carbocycles. The molecule has 2 amide bonds. The van der Waals surface area contributed by atoms with Gasteiger partial charge in [0.15, 0.2) is 5.13 Å². The molecule has 2 N–H and O–H groups in total. The monoisotopic (exact) mass is 315 g/mol. The predicted molar refractivity (Wildman–Crippen MR) is 85.9 cm³/mol. The second-order valence-corrected chi connectivity index (χ2v) is 6.31. The zero-order valence-electron chi connectivity index (χ0n) is 12.1. The summed E-state index contributed by atoms with van der Waals surface area (Å²) in [7, 11) is 0. The number of nitrogens with zero attached hydrogens (tertiary/aromatic N) is 1. The molecule has 6 heteroatoms. The lowest BCUT2D eigenvalue weighted by Crippen LogP contribution is -2.33. The van der Waals surface area contributed by atoms with Crippen LogP contribution in [0.5, 0.6) is 0 Å². The summed E-state index contributed by atoms with van der Waals surface area (Å²) in [6.07, 6.45) is 3.48. The van der Waals surface area contributed by atoms with E-state index in [2.05, 4.69) is 15.6 Å². The minimum absolute atomic E-state index is 0.0318. The molecule has 0 saturated carbocycles. The first-order valence-electron chi connectivity index (χ1n) is 7.30. The van der Waals surface area contributed by atoms with Crippen LogP contribution in [-0.2, 0) is 28.9 Å². The van der Waals surface area contributed by atoms with Gasteiger partial charge in [-0.2, -0.15) is 0 Å². The normalized spacial score (nSPS) is 12.7. The Labute approximate surface area is 132 Å². The van der Waals surface area contributed by atoms with Crippen LogP contribution in [-0.4, -0.2) is 23.3 Å². The molecule has 1 aromatic carbocycles. The molecule has 0 bridgehead atoms. The third-order valence-electron chi connectivity index (χ3n) is 3.50. The van der Waals surface area contributed by atoms with Gasteiger partial charge < -0.3 is 10.6 Å². The Kier molecular flexibility index (Phi) is 4.48. The molecule has 0 radical (unpaired) electrons. The maximum Gasteiger partial charge on any atom is 0.245 e. The summed E-state index contributed by atoms with van der Waals surface area (Å²) < 4.78 is 0. The molecule has 114 valence electrons. The lowest BCUT2D eigenvalue weighted by Gasteiger charge is -2.05. The fraction of sp³-hybridized carbons (Fsp3) is 0.312. The highest BCUT2D eigenvalue weighted by Crippen LogP contribution is 2.30. The second kappa shape index (κ2) is 6.70. The van der Waals surface area contributed by atoms with Gasteiger partial charge in [-0.25, -0.2) is 4.98 Å². The summed E-state index contributed by atoms with van der Waals surface area (Å²) in [5, 5.41) is 6.00. The standard InChI is InChI=1S/C16H17N3O2S/c20-14(9-11-5-2-1-3-6-11)17-10-15(21)19-16-18-12-7-4-8-13(12)22-16/h1-3,5-6H,4,7-10H2,(H,17,20)(H,18,19,21). The summed E-state index contributed by atoms with van der Waals surface area (Å²) in [6.45, 7) is -0.0318. The van der Waals surface area contributed by atoms with Crippen molar-refractivity contribution in [2.24, 2.45) is 0 Å². The van der Waals surface area contributed by atoms with E-state index >= 15 is 0 Å². The van der Waals surface area contributed by atoms with Crippen LogP contribution in [0.15, 0.2) is 30.3 Å². The summed E-state index contributed by atoms with van der Waals surface area (Å²) in [6, 6.07) is 9.45. The quantitative estimate of drug-likeness (QED) is 0.885. The summed E-state index contributed by atoms with van der Waals surface area (Å²) in [4.78, 5) is 29.3. The van der Waals surface area contributed by atoms with Gasteiger partial charge in [0.25, 0.3) is 0 Å². The maximum atomic E-state index is 11.8. The Hall–Kier alpha value is -2.21. The molecule has 0 atom stereocenters. The van der Waals surface area contributed by atoms with Gasteiger partial charge in [0.2, 0.25) is 11.8 Å². The van der Waals surface area contributed by atoms with Crippen molar-refractivity contribution in [1.82, 2.24) is 10.3 Å². The first-order chi connectivity index (χ1) is 10.7. The Morgan fingerprint density at radius 2 is 1.95 bits per heavy atom. The molecule has 0 fully saturated rings. The first kappa shape index (κ1) is 14.7. The number of carbonyl (C=O) groups excluding carboxylic acids is 2. The number of thiazole rings is 1. The van der Waals surface area contributed by atoms with Crippen molar-refractivity contribution in [2.45, 2.75) is 25.7 Å². The maximum absolute atomic E-state index is 11.8. The van der Waals surface area contributed by atoms with Gasteiger partial charge in [-0.3, -0.25) is 9.59 Å². The molecular formula is C16H17N3O2S. The van der Waals surface area contributed by atoms with E-state index in [9.17, 15) is 9.59 Å². The number of nitrogens with one attached hydrogen (secondary N) is 2. The van der Waals surface area contributed by atoms with Crippen LogP contribution in [0.25, 0.3) is 0 Å². The number of aryl methyl sites for hydroxylation is 2. The third kappa shape index (κ3) is 3.71. The lowest BCUT2D eigenvalue weighted by molar-refractivity contribution is -0.123. The molecule has 0 saturated heterocycles. The molecule has 2 aromatic rings. The van der Waals surface area contributed by atoms with Gasteiger partial charge in [-0.15, -0.1) is 11.3 Å². The van der Waals surface area contributed by atoms with E-state index in [1.807, 2.05) is 30.3 Å². The molecule has 1 heterocycles. The van der Waals surface area contributed by atoms with Crippen LogP contribution in [0.1, 0.15) is 22.6 Å². The van der Waals surface area contributed by atoms with Crippen molar-refractivity contribution in [3.63, 3.8) is 0 Å². The number of fused-ring (bicyclic) bond motifs is 1. The van der Waals surface area contributed by atoms with E-state index in [-0.39, 0.29) is 24.8 Å². The van der Waals surface area contributed by atoms with E-state index in [1.54, 1.807) is 0 Å². The molecule has 0 unspecified atom stereocenters. The number of carbonyl (C=O) groups is 2. The molecular weight excluding hydrogens is 298 g/mol. The number of rotatable bonds is 5. The topological polar surface area (TPSA) is 71.1 Å². The zero-order chi connectivity index (χ0) is 15.4. The number of hydrogen-bond acceptors (Lipinski definition) is 4. The SMILES string of the molecule is O=C(Cc1ccccc1)NCC(=O)Nc1nc2c(s1)CCC2. The molecule has 0 aliphatic heterocycles. The van der Waals surface area contributed by atoms with Crippen molar-refractivity contribution < 1.29 is 9.59 Å². The fourth-order valence-corrected chi connectivity index (χ4v) is 3.50. The lowest BCUT2D eigenvalue weighted by atomic mass is 10.1. The average Bonchev–Trinajstić information content (AvgIpc) is 3.07. The number of anilines is 1. The molecule has 1 aromatic heterocycles. The van der Waals surface area contributed by atoms with E-state index in [4.69, 9.17) is 0 Å². The van der Waals surface area contributed by atoms with E-state index in [0.29, 0.717) is 5.13 Å². The molecule has 22 heavy (non-hydrogen) atoms.